The number of nitrogens with two attached hydrogens (primary N) is 1. The molecule has 2 aromatic heterocycles. The van der Waals surface area contributed by atoms with Crippen molar-refractivity contribution in [3.8, 4) is 0 Å². The molecule has 0 radical (unpaired) electrons. The largest absolute Gasteiger partial charge is 0.369 e. The van der Waals surface area contributed by atoms with E-state index in [9.17, 15) is 4.79 Å². The maximum Gasteiger partial charge on any atom is 0.252 e. The lowest BCUT2D eigenvalue weighted by molar-refractivity contribution is 0.247. The minimum Gasteiger partial charge on any atom is -0.369 e. The Balaban J connectivity index is 1.52. The molecule has 0 saturated carbocycles. The third kappa shape index (κ3) is 3.48. The second-order valence-corrected chi connectivity index (χ2v) is 7.09. The highest BCUT2D eigenvalue weighted by Gasteiger charge is 2.28. The van der Waals surface area contributed by atoms with Crippen LogP contribution < -0.4 is 16.2 Å². The number of benzene rings is 1. The molecule has 3 heterocycles. The second-order valence-electron chi connectivity index (χ2n) is 7.09. The molecule has 8 nitrogen and oxygen atoms in total. The molecule has 8 heteroatoms. The second kappa shape index (κ2) is 6.96. The molecule has 1 aliphatic heterocycles. The van der Waals surface area contributed by atoms with E-state index in [1.54, 1.807) is 6.33 Å². The van der Waals surface area contributed by atoms with Crippen molar-refractivity contribution in [3.63, 3.8) is 0 Å². The van der Waals surface area contributed by atoms with Crippen LogP contribution in [0.4, 0.5) is 11.8 Å². The molecule has 0 spiro atoms. The Morgan fingerprint density at radius 3 is 3.04 bits per heavy atom. The minimum absolute atomic E-state index is 0.154. The normalized spacial score (nSPS) is 17.1. The number of hydrogen-bond acceptors (Lipinski definition) is 7. The number of likely N-dealkylation sites (N-methyl/N-ethyl adjacent to an activating group) is 1. The first kappa shape index (κ1) is 17.4. The fourth-order valence-corrected chi connectivity index (χ4v) is 3.76. The Hall–Kier alpha value is -3.00. The van der Waals surface area contributed by atoms with Crippen LogP contribution in [0.2, 0.25) is 0 Å². The van der Waals surface area contributed by atoms with E-state index in [4.69, 9.17) is 5.73 Å². The van der Waals surface area contributed by atoms with E-state index in [0.717, 1.165) is 41.8 Å². The van der Waals surface area contributed by atoms with Gasteiger partial charge in [0.15, 0.2) is 0 Å². The van der Waals surface area contributed by atoms with Gasteiger partial charge in [-0.05, 0) is 32.0 Å². The number of aromatic amines is 1. The molecule has 1 aliphatic rings. The van der Waals surface area contributed by atoms with Gasteiger partial charge in [0, 0.05) is 37.1 Å². The van der Waals surface area contributed by atoms with Crippen LogP contribution in [0, 0.1) is 6.92 Å². The number of rotatable bonds is 4. The van der Waals surface area contributed by atoms with Crippen LogP contribution in [-0.2, 0) is 6.54 Å². The van der Waals surface area contributed by atoms with Crippen LogP contribution in [0.1, 0.15) is 17.7 Å². The van der Waals surface area contributed by atoms with Crippen molar-refractivity contribution in [2.24, 2.45) is 0 Å². The van der Waals surface area contributed by atoms with Gasteiger partial charge < -0.3 is 10.6 Å². The summed E-state index contributed by atoms with van der Waals surface area (Å²) in [6.07, 6.45) is 2.66. The highest BCUT2D eigenvalue weighted by molar-refractivity contribution is 5.91. The molecular formula is C19H23N7O. The number of fused-ring (bicyclic) bond motifs is 1. The van der Waals surface area contributed by atoms with Gasteiger partial charge >= 0.3 is 0 Å². The number of nitrogen functional groups attached to an aromatic ring is 1. The van der Waals surface area contributed by atoms with Crippen LogP contribution >= 0.6 is 0 Å². The van der Waals surface area contributed by atoms with E-state index in [1.165, 1.54) is 6.07 Å². The zero-order valence-corrected chi connectivity index (χ0v) is 15.5. The highest BCUT2D eigenvalue weighted by Crippen LogP contribution is 2.28. The number of aromatic nitrogens is 4. The molecule has 0 unspecified atom stereocenters. The Morgan fingerprint density at radius 2 is 2.22 bits per heavy atom. The summed E-state index contributed by atoms with van der Waals surface area (Å²) in [7, 11) is 2.05. The predicted octanol–water partition coefficient (Wildman–Crippen LogP) is 1.31. The summed E-state index contributed by atoms with van der Waals surface area (Å²) in [5.74, 6) is 1.14. The first-order chi connectivity index (χ1) is 13.0. The summed E-state index contributed by atoms with van der Waals surface area (Å²) >= 11 is 0. The van der Waals surface area contributed by atoms with Crippen molar-refractivity contribution < 1.29 is 0 Å². The van der Waals surface area contributed by atoms with Crippen molar-refractivity contribution in [1.29, 1.82) is 0 Å². The summed E-state index contributed by atoms with van der Waals surface area (Å²) in [6.45, 7) is 4.45. The van der Waals surface area contributed by atoms with Gasteiger partial charge in [-0.1, -0.05) is 12.1 Å². The van der Waals surface area contributed by atoms with Gasteiger partial charge in [-0.25, -0.2) is 15.0 Å². The Labute approximate surface area is 157 Å². The summed E-state index contributed by atoms with van der Waals surface area (Å²) in [5.41, 5.74) is 8.26. The lowest BCUT2D eigenvalue weighted by Crippen LogP contribution is -2.35. The fraction of sp³-hybridized carbons (Fsp3) is 0.368. The summed E-state index contributed by atoms with van der Waals surface area (Å²) in [5, 5.41) is 1.09. The number of H-pyrrole nitrogens is 1. The van der Waals surface area contributed by atoms with Crippen molar-refractivity contribution in [1.82, 2.24) is 24.8 Å². The van der Waals surface area contributed by atoms with E-state index in [0.29, 0.717) is 18.3 Å². The molecule has 3 N–H and O–H groups in total. The predicted molar refractivity (Wildman–Crippen MR) is 106 cm³/mol. The summed E-state index contributed by atoms with van der Waals surface area (Å²) in [4.78, 5) is 31.8. The van der Waals surface area contributed by atoms with E-state index in [1.807, 2.05) is 6.07 Å². The number of nitrogens with one attached hydrogen (secondary N) is 1. The van der Waals surface area contributed by atoms with Gasteiger partial charge in [0.2, 0.25) is 5.95 Å². The Morgan fingerprint density at radius 1 is 1.37 bits per heavy atom. The SMILES string of the molecule is Cc1cccc2c(N3CC[C@H](N(C)Cc4cc(=O)[nH]c(N)n4)C3)ncnc12. The molecule has 1 atom stereocenters. The minimum atomic E-state index is -0.221. The van der Waals surface area contributed by atoms with Crippen LogP contribution in [-0.4, -0.2) is 51.0 Å². The number of nitrogens with zero attached hydrogens (tertiary/aromatic N) is 5. The first-order valence-corrected chi connectivity index (χ1v) is 9.02. The average molecular weight is 365 g/mol. The third-order valence-corrected chi connectivity index (χ3v) is 5.16. The van der Waals surface area contributed by atoms with Gasteiger partial charge in [0.05, 0.1) is 11.2 Å². The standard InChI is InChI=1S/C19H23N7O/c1-12-4-3-5-15-17(12)21-11-22-18(15)26-7-6-14(10-26)25(2)9-13-8-16(27)24-19(20)23-13/h3-5,8,11,14H,6-7,9-10H2,1-2H3,(H3,20,23,24,27)/t14-/m0/s1. The van der Waals surface area contributed by atoms with Gasteiger partial charge in [0.1, 0.15) is 12.1 Å². The van der Waals surface area contributed by atoms with Crippen molar-refractivity contribution in [2.75, 3.05) is 30.8 Å². The van der Waals surface area contributed by atoms with Crippen LogP contribution in [0.15, 0.2) is 35.4 Å². The lowest BCUT2D eigenvalue weighted by atomic mass is 10.1. The van der Waals surface area contributed by atoms with Gasteiger partial charge in [-0.3, -0.25) is 14.7 Å². The molecule has 1 saturated heterocycles. The molecule has 1 fully saturated rings. The lowest BCUT2D eigenvalue weighted by Gasteiger charge is -2.25. The van der Waals surface area contributed by atoms with Gasteiger partial charge in [-0.15, -0.1) is 0 Å². The van der Waals surface area contributed by atoms with E-state index >= 15 is 0 Å². The van der Waals surface area contributed by atoms with Gasteiger partial charge in [-0.2, -0.15) is 0 Å². The monoisotopic (exact) mass is 365 g/mol. The van der Waals surface area contributed by atoms with E-state index in [-0.39, 0.29) is 11.5 Å². The summed E-state index contributed by atoms with van der Waals surface area (Å²) < 4.78 is 0. The molecule has 3 aromatic rings. The zero-order chi connectivity index (χ0) is 19.0. The Kier molecular flexibility index (Phi) is 4.49. The number of hydrogen-bond donors (Lipinski definition) is 2. The molecule has 27 heavy (non-hydrogen) atoms. The van der Waals surface area contributed by atoms with Crippen molar-refractivity contribution >= 4 is 22.7 Å². The zero-order valence-electron chi connectivity index (χ0n) is 15.5. The van der Waals surface area contributed by atoms with Crippen molar-refractivity contribution in [2.45, 2.75) is 25.9 Å². The third-order valence-electron chi connectivity index (χ3n) is 5.16. The highest BCUT2D eigenvalue weighted by atomic mass is 16.1. The van der Waals surface area contributed by atoms with E-state index in [2.05, 4.69) is 55.8 Å². The maximum atomic E-state index is 11.6. The maximum absolute atomic E-state index is 11.6. The first-order valence-electron chi connectivity index (χ1n) is 9.02. The number of anilines is 2. The topological polar surface area (TPSA) is 104 Å². The quantitative estimate of drug-likeness (QED) is 0.718. The van der Waals surface area contributed by atoms with Gasteiger partial charge in [0.25, 0.3) is 5.56 Å². The molecule has 4 rings (SSSR count). The fourth-order valence-electron chi connectivity index (χ4n) is 3.76. The van der Waals surface area contributed by atoms with Crippen molar-refractivity contribution in [3.05, 3.63) is 52.2 Å². The molecule has 0 amide bonds. The van der Waals surface area contributed by atoms with Crippen LogP contribution in [0.5, 0.6) is 0 Å². The molecule has 1 aromatic carbocycles. The molecule has 0 bridgehead atoms. The Bertz CT molecular complexity index is 1030. The van der Waals surface area contributed by atoms with E-state index < -0.39 is 0 Å². The smallest absolute Gasteiger partial charge is 0.252 e. The van der Waals surface area contributed by atoms with Crippen LogP contribution in [0.25, 0.3) is 10.9 Å². The average Bonchev–Trinajstić information content (AvgIpc) is 3.11. The summed E-state index contributed by atoms with van der Waals surface area (Å²) in [6, 6.07) is 8.05. The van der Waals surface area contributed by atoms with Crippen LogP contribution in [0.3, 0.4) is 0 Å². The number of para-hydroxylation sites is 1. The molecule has 140 valence electrons. The number of aryl methyl sites for hydroxylation is 1. The molecule has 0 aliphatic carbocycles. The molecular weight excluding hydrogens is 342 g/mol.